The first-order valence-electron chi connectivity index (χ1n) is 8.17. The van der Waals surface area contributed by atoms with Gasteiger partial charge in [0.2, 0.25) is 0 Å². The summed E-state index contributed by atoms with van der Waals surface area (Å²) in [4.78, 5) is 0. The molecule has 3 unspecified atom stereocenters. The molecular weight excluding hydrogens is 244 g/mol. The van der Waals surface area contributed by atoms with Crippen molar-refractivity contribution in [1.82, 2.24) is 0 Å². The molecule has 1 heteroatoms. The van der Waals surface area contributed by atoms with Gasteiger partial charge >= 0.3 is 0 Å². The van der Waals surface area contributed by atoms with E-state index in [1.165, 1.54) is 12.0 Å². The first-order valence-corrected chi connectivity index (χ1v) is 8.17. The van der Waals surface area contributed by atoms with Crippen LogP contribution in [-0.4, -0.2) is 5.11 Å². The minimum absolute atomic E-state index is 0.378. The van der Waals surface area contributed by atoms with Gasteiger partial charge in [0.05, 0.1) is 5.60 Å². The molecule has 0 amide bonds. The van der Waals surface area contributed by atoms with Crippen LogP contribution in [0, 0.1) is 17.8 Å². The van der Waals surface area contributed by atoms with E-state index in [1.807, 2.05) is 0 Å². The van der Waals surface area contributed by atoms with Crippen LogP contribution in [0.2, 0.25) is 0 Å². The van der Waals surface area contributed by atoms with Crippen LogP contribution in [0.15, 0.2) is 24.3 Å². The zero-order valence-corrected chi connectivity index (χ0v) is 13.7. The monoisotopic (exact) mass is 274 g/mol. The molecular formula is C19H30O. The smallest absolute Gasteiger partial charge is 0.0929 e. The third-order valence-corrected chi connectivity index (χ3v) is 5.13. The molecule has 1 saturated carbocycles. The molecule has 1 N–H and O–H groups in total. The molecule has 112 valence electrons. The summed E-state index contributed by atoms with van der Waals surface area (Å²) in [5.41, 5.74) is 1.83. The normalized spacial score (nSPS) is 31.0. The molecule has 0 heterocycles. The quantitative estimate of drug-likeness (QED) is 0.814. The number of hydrogen-bond acceptors (Lipinski definition) is 1. The van der Waals surface area contributed by atoms with Crippen molar-refractivity contribution in [1.29, 1.82) is 0 Å². The Morgan fingerprint density at radius 3 is 2.15 bits per heavy atom. The third kappa shape index (κ3) is 2.93. The molecule has 1 aromatic carbocycles. The average Bonchev–Trinajstić information content (AvgIpc) is 2.38. The van der Waals surface area contributed by atoms with Crippen LogP contribution < -0.4 is 0 Å². The number of rotatable bonds is 3. The lowest BCUT2D eigenvalue weighted by molar-refractivity contribution is -0.0865. The molecule has 0 spiro atoms. The van der Waals surface area contributed by atoms with Gasteiger partial charge in [0.25, 0.3) is 0 Å². The van der Waals surface area contributed by atoms with E-state index in [-0.39, 0.29) is 0 Å². The van der Waals surface area contributed by atoms with E-state index in [0.29, 0.717) is 23.7 Å². The largest absolute Gasteiger partial charge is 0.385 e. The molecule has 1 fully saturated rings. The molecule has 0 radical (unpaired) electrons. The van der Waals surface area contributed by atoms with E-state index in [0.717, 1.165) is 18.4 Å². The summed E-state index contributed by atoms with van der Waals surface area (Å²) >= 11 is 0. The van der Waals surface area contributed by atoms with Crippen molar-refractivity contribution < 1.29 is 5.11 Å². The predicted octanol–water partition coefficient (Wildman–Crippen LogP) is 5.09. The summed E-state index contributed by atoms with van der Waals surface area (Å²) in [6, 6.07) is 8.69. The summed E-state index contributed by atoms with van der Waals surface area (Å²) in [7, 11) is 0. The van der Waals surface area contributed by atoms with Gasteiger partial charge < -0.3 is 5.11 Å². The maximum atomic E-state index is 11.4. The molecule has 1 nitrogen and oxygen atoms in total. The minimum atomic E-state index is -0.638. The molecule has 1 aliphatic carbocycles. The van der Waals surface area contributed by atoms with Gasteiger partial charge in [-0.3, -0.25) is 0 Å². The summed E-state index contributed by atoms with van der Waals surface area (Å²) in [5.74, 6) is 2.06. The van der Waals surface area contributed by atoms with Crippen LogP contribution in [0.1, 0.15) is 70.9 Å². The fourth-order valence-corrected chi connectivity index (χ4v) is 3.86. The number of aliphatic hydroxyl groups is 1. The van der Waals surface area contributed by atoms with Crippen molar-refractivity contribution >= 4 is 0 Å². The first kappa shape index (κ1) is 15.6. The zero-order valence-electron chi connectivity index (χ0n) is 13.7. The Hall–Kier alpha value is -0.820. The van der Waals surface area contributed by atoms with E-state index in [2.05, 4.69) is 58.9 Å². The molecule has 1 aromatic rings. The zero-order chi connectivity index (χ0) is 14.9. The van der Waals surface area contributed by atoms with Gasteiger partial charge in [-0.05, 0) is 47.6 Å². The van der Waals surface area contributed by atoms with Crippen LogP contribution in [0.4, 0.5) is 0 Å². The van der Waals surface area contributed by atoms with Gasteiger partial charge in [0.15, 0.2) is 0 Å². The van der Waals surface area contributed by atoms with Crippen molar-refractivity contribution in [3.63, 3.8) is 0 Å². The molecule has 0 aliphatic heterocycles. The van der Waals surface area contributed by atoms with Gasteiger partial charge in [-0.2, -0.15) is 0 Å². The Labute approximate surface area is 124 Å². The topological polar surface area (TPSA) is 20.2 Å². The van der Waals surface area contributed by atoms with Gasteiger partial charge in [0, 0.05) is 0 Å². The average molecular weight is 274 g/mol. The molecule has 0 saturated heterocycles. The van der Waals surface area contributed by atoms with Gasteiger partial charge in [-0.25, -0.2) is 0 Å². The van der Waals surface area contributed by atoms with E-state index >= 15 is 0 Å². The highest BCUT2D eigenvalue weighted by molar-refractivity contribution is 5.30. The van der Waals surface area contributed by atoms with E-state index in [1.54, 1.807) is 0 Å². The lowest BCUT2D eigenvalue weighted by Gasteiger charge is -2.45. The van der Waals surface area contributed by atoms with E-state index in [4.69, 9.17) is 0 Å². The van der Waals surface area contributed by atoms with Gasteiger partial charge in [0.1, 0.15) is 0 Å². The fraction of sp³-hybridized carbons (Fsp3) is 0.684. The van der Waals surface area contributed by atoms with Gasteiger partial charge in [-0.1, -0.05) is 65.3 Å². The SMILES string of the molecule is CC1CCC(C(C)C)C(O)(c2ccc(C(C)C)cc2)C1. The summed E-state index contributed by atoms with van der Waals surface area (Å²) in [6.45, 7) is 11.2. The molecule has 1 aliphatic rings. The van der Waals surface area contributed by atoms with Crippen LogP contribution >= 0.6 is 0 Å². The summed E-state index contributed by atoms with van der Waals surface area (Å²) in [5, 5.41) is 11.4. The predicted molar refractivity (Wildman–Crippen MR) is 85.8 cm³/mol. The molecule has 0 aromatic heterocycles. The first-order chi connectivity index (χ1) is 9.34. The second-order valence-electron chi connectivity index (χ2n) is 7.44. The highest BCUT2D eigenvalue weighted by Crippen LogP contribution is 2.47. The van der Waals surface area contributed by atoms with Gasteiger partial charge in [-0.15, -0.1) is 0 Å². The highest BCUT2D eigenvalue weighted by Gasteiger charge is 2.43. The van der Waals surface area contributed by atoms with Crippen molar-refractivity contribution in [3.8, 4) is 0 Å². The fourth-order valence-electron chi connectivity index (χ4n) is 3.86. The Morgan fingerprint density at radius 2 is 1.65 bits per heavy atom. The van der Waals surface area contributed by atoms with Crippen LogP contribution in [0.25, 0.3) is 0 Å². The number of hydrogen-bond donors (Lipinski definition) is 1. The van der Waals surface area contributed by atoms with E-state index < -0.39 is 5.60 Å². The second-order valence-corrected chi connectivity index (χ2v) is 7.44. The Balaban J connectivity index is 2.34. The summed E-state index contributed by atoms with van der Waals surface area (Å²) in [6.07, 6.45) is 3.29. The Bertz CT molecular complexity index is 432. The summed E-state index contributed by atoms with van der Waals surface area (Å²) < 4.78 is 0. The van der Waals surface area contributed by atoms with Crippen molar-refractivity contribution in [3.05, 3.63) is 35.4 Å². The van der Waals surface area contributed by atoms with Crippen molar-refractivity contribution in [2.24, 2.45) is 17.8 Å². The lowest BCUT2D eigenvalue weighted by Crippen LogP contribution is -2.43. The van der Waals surface area contributed by atoms with Crippen molar-refractivity contribution in [2.75, 3.05) is 0 Å². The van der Waals surface area contributed by atoms with Crippen LogP contribution in [-0.2, 0) is 5.60 Å². The molecule has 20 heavy (non-hydrogen) atoms. The second kappa shape index (κ2) is 5.89. The molecule has 3 atom stereocenters. The third-order valence-electron chi connectivity index (χ3n) is 5.13. The maximum absolute atomic E-state index is 11.4. The van der Waals surface area contributed by atoms with Crippen LogP contribution in [0.3, 0.4) is 0 Å². The highest BCUT2D eigenvalue weighted by atomic mass is 16.3. The minimum Gasteiger partial charge on any atom is -0.385 e. The standard InChI is InChI=1S/C19H30O/c1-13(2)16-7-9-17(10-8-16)19(20)12-15(5)6-11-18(19)14(3)4/h7-10,13-15,18,20H,6,11-12H2,1-5H3. The van der Waals surface area contributed by atoms with Crippen molar-refractivity contribution in [2.45, 2.75) is 65.4 Å². The Morgan fingerprint density at radius 1 is 1.05 bits per heavy atom. The lowest BCUT2D eigenvalue weighted by atomic mass is 9.64. The maximum Gasteiger partial charge on any atom is 0.0929 e. The molecule has 0 bridgehead atoms. The molecule has 2 rings (SSSR count). The number of benzene rings is 1. The Kier molecular flexibility index (Phi) is 4.59. The van der Waals surface area contributed by atoms with Crippen LogP contribution in [0.5, 0.6) is 0 Å². The van der Waals surface area contributed by atoms with E-state index in [9.17, 15) is 5.11 Å².